The van der Waals surface area contributed by atoms with Crippen molar-refractivity contribution in [3.8, 4) is 11.5 Å². The molecule has 1 aromatic heterocycles. The van der Waals surface area contributed by atoms with Gasteiger partial charge in [0.15, 0.2) is 0 Å². The van der Waals surface area contributed by atoms with Gasteiger partial charge in [-0.2, -0.15) is 0 Å². The van der Waals surface area contributed by atoms with Crippen molar-refractivity contribution in [3.63, 3.8) is 0 Å². The first kappa shape index (κ1) is 15.5. The summed E-state index contributed by atoms with van der Waals surface area (Å²) in [4.78, 5) is 17.3. The van der Waals surface area contributed by atoms with Crippen LogP contribution in [-0.4, -0.2) is 33.5 Å². The summed E-state index contributed by atoms with van der Waals surface area (Å²) in [6, 6.07) is 7.22. The molecule has 2 aromatic rings. The molecule has 1 aromatic carbocycles. The van der Waals surface area contributed by atoms with Crippen molar-refractivity contribution in [1.82, 2.24) is 9.88 Å². The quantitative estimate of drug-likeness (QED) is 0.918. The number of nitrogens with zero attached hydrogens (tertiary/aromatic N) is 2. The van der Waals surface area contributed by atoms with E-state index in [1.165, 1.54) is 6.26 Å². The molecule has 0 bridgehead atoms. The number of benzene rings is 1. The first-order valence-corrected chi connectivity index (χ1v) is 6.83. The second kappa shape index (κ2) is 5.87. The van der Waals surface area contributed by atoms with Crippen LogP contribution in [0, 0.1) is 0 Å². The van der Waals surface area contributed by atoms with Gasteiger partial charge >= 0.3 is 5.97 Å². The first-order valence-electron chi connectivity index (χ1n) is 6.45. The highest BCUT2D eigenvalue weighted by Crippen LogP contribution is 2.23. The van der Waals surface area contributed by atoms with E-state index in [2.05, 4.69) is 4.98 Å². The van der Waals surface area contributed by atoms with Gasteiger partial charge in [0.2, 0.25) is 5.89 Å². The van der Waals surface area contributed by atoms with Gasteiger partial charge in [0, 0.05) is 17.1 Å². The Hall–Kier alpha value is -1.85. The molecular weight excluding hydrogens is 292 g/mol. The summed E-state index contributed by atoms with van der Waals surface area (Å²) in [5, 5.41) is 9.81. The van der Waals surface area contributed by atoms with E-state index in [1.807, 2.05) is 12.1 Å². The molecule has 0 spiro atoms. The van der Waals surface area contributed by atoms with Crippen LogP contribution in [0.15, 0.2) is 34.9 Å². The largest absolute Gasteiger partial charge is 0.480 e. The third-order valence-electron chi connectivity index (χ3n) is 3.50. The van der Waals surface area contributed by atoms with Crippen molar-refractivity contribution in [1.29, 1.82) is 0 Å². The number of oxazole rings is 1. The van der Waals surface area contributed by atoms with Crippen LogP contribution < -0.4 is 0 Å². The Labute approximate surface area is 128 Å². The number of hydrogen-bond acceptors (Lipinski definition) is 4. The molecule has 0 aliphatic carbocycles. The first-order chi connectivity index (χ1) is 9.80. The minimum atomic E-state index is -0.977. The number of hydrogen-bond donors (Lipinski definition) is 1. The van der Waals surface area contributed by atoms with Gasteiger partial charge in [-0.05, 0) is 39.1 Å². The number of carbonyl (C=O) groups is 1. The Balaban J connectivity index is 2.16. The second-order valence-corrected chi connectivity index (χ2v) is 5.81. The maximum absolute atomic E-state index is 11.2. The molecule has 21 heavy (non-hydrogen) atoms. The molecule has 1 N–H and O–H groups in total. The van der Waals surface area contributed by atoms with Crippen molar-refractivity contribution in [2.24, 2.45) is 0 Å². The normalized spacial score (nSPS) is 11.9. The zero-order valence-electron chi connectivity index (χ0n) is 12.1. The molecule has 0 saturated carbocycles. The van der Waals surface area contributed by atoms with Crippen LogP contribution in [0.5, 0.6) is 0 Å². The average Bonchev–Trinajstić information content (AvgIpc) is 2.87. The van der Waals surface area contributed by atoms with Gasteiger partial charge in [0.25, 0.3) is 0 Å². The highest BCUT2D eigenvalue weighted by atomic mass is 35.5. The number of aliphatic carboxylic acids is 1. The number of carboxylic acid groups (broad SMARTS) is 1. The number of likely N-dealkylation sites (N-methyl/N-ethyl adjacent to an activating group) is 1. The van der Waals surface area contributed by atoms with Crippen LogP contribution in [0.25, 0.3) is 11.5 Å². The zero-order chi connectivity index (χ0) is 15.6. The maximum Gasteiger partial charge on any atom is 0.323 e. The molecule has 112 valence electrons. The highest BCUT2D eigenvalue weighted by Gasteiger charge is 2.32. The highest BCUT2D eigenvalue weighted by molar-refractivity contribution is 6.30. The molecule has 1 heterocycles. The molecule has 0 amide bonds. The number of rotatable bonds is 5. The van der Waals surface area contributed by atoms with E-state index in [1.54, 1.807) is 37.9 Å². The van der Waals surface area contributed by atoms with Gasteiger partial charge < -0.3 is 9.52 Å². The average molecular weight is 309 g/mol. The van der Waals surface area contributed by atoms with E-state index in [0.29, 0.717) is 23.2 Å². The minimum Gasteiger partial charge on any atom is -0.480 e. The minimum absolute atomic E-state index is 0.378. The fraction of sp³-hybridized carbons (Fsp3) is 0.333. The lowest BCUT2D eigenvalue weighted by Gasteiger charge is -2.30. The van der Waals surface area contributed by atoms with E-state index >= 15 is 0 Å². The third kappa shape index (κ3) is 3.43. The van der Waals surface area contributed by atoms with E-state index < -0.39 is 11.5 Å². The fourth-order valence-electron chi connectivity index (χ4n) is 1.74. The van der Waals surface area contributed by atoms with Gasteiger partial charge in [-0.3, -0.25) is 9.69 Å². The van der Waals surface area contributed by atoms with Crippen molar-refractivity contribution in [3.05, 3.63) is 41.2 Å². The van der Waals surface area contributed by atoms with E-state index in [0.717, 1.165) is 5.56 Å². The summed E-state index contributed by atoms with van der Waals surface area (Å²) in [6.45, 7) is 3.67. The lowest BCUT2D eigenvalue weighted by atomic mass is 10.0. The smallest absolute Gasteiger partial charge is 0.323 e. The van der Waals surface area contributed by atoms with Crippen molar-refractivity contribution < 1.29 is 14.3 Å². The Bertz CT molecular complexity index is 652. The molecule has 2 rings (SSSR count). The Morgan fingerprint density at radius 1 is 1.48 bits per heavy atom. The molecule has 0 aliphatic heterocycles. The lowest BCUT2D eigenvalue weighted by molar-refractivity contribution is -0.148. The number of aromatic nitrogens is 1. The molecule has 0 atom stereocenters. The SMILES string of the molecule is CN(Cc1coc(-c2cccc(Cl)c2)n1)C(C)(C)C(=O)O. The van der Waals surface area contributed by atoms with Crippen molar-refractivity contribution in [2.75, 3.05) is 7.05 Å². The van der Waals surface area contributed by atoms with Gasteiger partial charge in [-0.15, -0.1) is 0 Å². The summed E-state index contributed by atoms with van der Waals surface area (Å²) in [7, 11) is 1.74. The monoisotopic (exact) mass is 308 g/mol. The second-order valence-electron chi connectivity index (χ2n) is 5.37. The van der Waals surface area contributed by atoms with Gasteiger partial charge in [0.1, 0.15) is 11.8 Å². The Morgan fingerprint density at radius 2 is 2.19 bits per heavy atom. The van der Waals surface area contributed by atoms with Gasteiger partial charge in [-0.1, -0.05) is 17.7 Å². The summed E-state index contributed by atoms with van der Waals surface area (Å²) in [6.07, 6.45) is 1.53. The lowest BCUT2D eigenvalue weighted by Crippen LogP contribution is -2.47. The van der Waals surface area contributed by atoms with Gasteiger partial charge in [0.05, 0.1) is 5.69 Å². The fourth-order valence-corrected chi connectivity index (χ4v) is 1.93. The van der Waals surface area contributed by atoms with E-state index in [9.17, 15) is 9.90 Å². The van der Waals surface area contributed by atoms with Gasteiger partial charge in [-0.25, -0.2) is 4.98 Å². The molecule has 0 unspecified atom stereocenters. The Kier molecular flexibility index (Phi) is 4.34. The van der Waals surface area contributed by atoms with E-state index in [-0.39, 0.29) is 0 Å². The predicted molar refractivity (Wildman–Crippen MR) is 80.1 cm³/mol. The van der Waals surface area contributed by atoms with Crippen LogP contribution >= 0.6 is 11.6 Å². The molecule has 0 saturated heterocycles. The third-order valence-corrected chi connectivity index (χ3v) is 3.74. The predicted octanol–water partition coefficient (Wildman–Crippen LogP) is 3.29. The topological polar surface area (TPSA) is 66.6 Å². The summed E-state index contributed by atoms with van der Waals surface area (Å²) in [5.74, 6) is -0.419. The van der Waals surface area contributed by atoms with E-state index in [4.69, 9.17) is 16.0 Å². The van der Waals surface area contributed by atoms with Crippen molar-refractivity contribution in [2.45, 2.75) is 25.9 Å². The van der Waals surface area contributed by atoms with Crippen LogP contribution in [-0.2, 0) is 11.3 Å². The van der Waals surface area contributed by atoms with Crippen molar-refractivity contribution >= 4 is 17.6 Å². The summed E-state index contributed by atoms with van der Waals surface area (Å²) < 4.78 is 5.44. The number of halogens is 1. The Morgan fingerprint density at radius 3 is 2.81 bits per heavy atom. The maximum atomic E-state index is 11.2. The molecule has 0 aliphatic rings. The molecule has 0 fully saturated rings. The summed E-state index contributed by atoms with van der Waals surface area (Å²) >= 11 is 5.94. The standard InChI is InChI=1S/C15H17ClN2O3/c1-15(2,14(19)20)18(3)8-12-9-21-13(17-12)10-5-4-6-11(16)7-10/h4-7,9H,8H2,1-3H3,(H,19,20). The zero-order valence-corrected chi connectivity index (χ0v) is 12.9. The van der Waals surface area contributed by atoms with Crippen LogP contribution in [0.1, 0.15) is 19.5 Å². The molecule has 0 radical (unpaired) electrons. The number of carboxylic acids is 1. The molecule has 5 nitrogen and oxygen atoms in total. The molecule has 6 heteroatoms. The molecular formula is C15H17ClN2O3. The summed E-state index contributed by atoms with van der Waals surface area (Å²) in [5.41, 5.74) is 0.477. The van der Waals surface area contributed by atoms with Crippen LogP contribution in [0.3, 0.4) is 0 Å². The van der Waals surface area contributed by atoms with Crippen LogP contribution in [0.2, 0.25) is 5.02 Å². The van der Waals surface area contributed by atoms with Crippen LogP contribution in [0.4, 0.5) is 0 Å².